The highest BCUT2D eigenvalue weighted by Crippen LogP contribution is 2.28. The van der Waals surface area contributed by atoms with Crippen LogP contribution in [0.25, 0.3) is 10.8 Å². The van der Waals surface area contributed by atoms with Crippen molar-refractivity contribution in [3.8, 4) is 12.3 Å². The van der Waals surface area contributed by atoms with Gasteiger partial charge in [-0.15, -0.1) is 6.42 Å². The highest BCUT2D eigenvalue weighted by Gasteiger charge is 2.39. The molecule has 2 saturated heterocycles. The van der Waals surface area contributed by atoms with E-state index in [0.29, 0.717) is 17.8 Å². The van der Waals surface area contributed by atoms with Crippen molar-refractivity contribution in [1.82, 2.24) is 15.6 Å². The number of carbonyl (C=O) groups is 1. The van der Waals surface area contributed by atoms with Crippen LogP contribution in [-0.4, -0.2) is 29.0 Å². The summed E-state index contributed by atoms with van der Waals surface area (Å²) >= 11 is 0. The number of hydrogen-bond donors (Lipinski definition) is 2. The second-order valence-corrected chi connectivity index (χ2v) is 6.14. The summed E-state index contributed by atoms with van der Waals surface area (Å²) in [7, 11) is 0. The smallest absolute Gasteiger partial charge is 0.270 e. The molecule has 3 heterocycles. The Morgan fingerprint density at radius 1 is 1.32 bits per heavy atom. The van der Waals surface area contributed by atoms with E-state index < -0.39 is 0 Å². The van der Waals surface area contributed by atoms with Crippen molar-refractivity contribution in [2.75, 3.05) is 0 Å². The Kier molecular flexibility index (Phi) is 3.09. The van der Waals surface area contributed by atoms with Crippen LogP contribution < -0.4 is 10.6 Å². The van der Waals surface area contributed by atoms with Crippen LogP contribution in [0.5, 0.6) is 0 Å². The third-order valence-corrected chi connectivity index (χ3v) is 4.74. The molecule has 1 amide bonds. The van der Waals surface area contributed by atoms with Crippen molar-refractivity contribution in [2.24, 2.45) is 0 Å². The van der Waals surface area contributed by atoms with Crippen molar-refractivity contribution in [3.05, 3.63) is 41.7 Å². The molecule has 2 aliphatic heterocycles. The zero-order chi connectivity index (χ0) is 15.1. The highest BCUT2D eigenvalue weighted by molar-refractivity contribution is 5.96. The number of fused-ring (bicyclic) bond motifs is 3. The molecule has 4 heteroatoms. The number of hydrogen-bond acceptors (Lipinski definition) is 3. The lowest BCUT2D eigenvalue weighted by Gasteiger charge is -2.21. The summed E-state index contributed by atoms with van der Waals surface area (Å²) in [5.74, 6) is 2.51. The fourth-order valence-electron chi connectivity index (χ4n) is 3.58. The average Bonchev–Trinajstić information content (AvgIpc) is 3.16. The summed E-state index contributed by atoms with van der Waals surface area (Å²) in [6, 6.07) is 8.74. The third-order valence-electron chi connectivity index (χ3n) is 4.74. The molecular weight excluding hydrogens is 274 g/mol. The van der Waals surface area contributed by atoms with Gasteiger partial charge in [-0.3, -0.25) is 9.78 Å². The van der Waals surface area contributed by atoms with Crippen molar-refractivity contribution in [1.29, 1.82) is 0 Å². The first kappa shape index (κ1) is 13.3. The molecule has 1 aromatic heterocycles. The van der Waals surface area contributed by atoms with Crippen LogP contribution in [-0.2, 0) is 0 Å². The van der Waals surface area contributed by atoms with Gasteiger partial charge in [-0.05, 0) is 42.8 Å². The summed E-state index contributed by atoms with van der Waals surface area (Å²) in [5, 5.41) is 8.57. The third kappa shape index (κ3) is 2.24. The molecule has 2 aromatic rings. The van der Waals surface area contributed by atoms with Gasteiger partial charge < -0.3 is 10.6 Å². The van der Waals surface area contributed by atoms with Gasteiger partial charge in [0.25, 0.3) is 5.91 Å². The van der Waals surface area contributed by atoms with Crippen molar-refractivity contribution in [3.63, 3.8) is 0 Å². The largest absolute Gasteiger partial charge is 0.346 e. The summed E-state index contributed by atoms with van der Waals surface area (Å²) in [4.78, 5) is 16.7. The Hall–Kier alpha value is -2.38. The minimum Gasteiger partial charge on any atom is -0.346 e. The van der Waals surface area contributed by atoms with E-state index in [2.05, 4.69) is 21.5 Å². The molecule has 2 aliphatic rings. The van der Waals surface area contributed by atoms with Gasteiger partial charge in [0.15, 0.2) is 0 Å². The van der Waals surface area contributed by atoms with E-state index in [-0.39, 0.29) is 11.9 Å². The first-order valence-corrected chi connectivity index (χ1v) is 7.66. The highest BCUT2D eigenvalue weighted by atomic mass is 16.2. The van der Waals surface area contributed by atoms with Gasteiger partial charge in [0.2, 0.25) is 0 Å². The molecule has 3 atom stereocenters. The molecule has 110 valence electrons. The Bertz CT molecular complexity index is 793. The molecule has 0 saturated carbocycles. The number of terminal acetylenes is 1. The van der Waals surface area contributed by atoms with E-state index in [1.165, 1.54) is 6.42 Å². The lowest BCUT2D eigenvalue weighted by molar-refractivity contribution is 0.0926. The zero-order valence-electron chi connectivity index (χ0n) is 12.2. The monoisotopic (exact) mass is 291 g/mol. The normalized spacial score (nSPS) is 26.0. The topological polar surface area (TPSA) is 54.0 Å². The lowest BCUT2D eigenvalue weighted by Crippen LogP contribution is -2.43. The number of nitrogens with one attached hydrogen (secondary N) is 2. The Morgan fingerprint density at radius 3 is 2.95 bits per heavy atom. The number of carbonyl (C=O) groups excluding carboxylic acids is 1. The van der Waals surface area contributed by atoms with Crippen LogP contribution in [0.15, 0.2) is 30.5 Å². The van der Waals surface area contributed by atoms with Crippen LogP contribution in [0.3, 0.4) is 0 Å². The molecule has 0 aliphatic carbocycles. The molecule has 0 spiro atoms. The number of benzene rings is 1. The van der Waals surface area contributed by atoms with E-state index in [0.717, 1.165) is 29.2 Å². The molecule has 2 fully saturated rings. The van der Waals surface area contributed by atoms with Gasteiger partial charge in [-0.25, -0.2) is 0 Å². The second kappa shape index (κ2) is 5.11. The molecule has 1 aromatic carbocycles. The Labute approximate surface area is 129 Å². The van der Waals surface area contributed by atoms with Crippen LogP contribution in [0.1, 0.15) is 35.3 Å². The van der Waals surface area contributed by atoms with Crippen LogP contribution in [0, 0.1) is 12.3 Å². The first-order chi connectivity index (χ1) is 10.7. The number of aromatic nitrogens is 1. The second-order valence-electron chi connectivity index (χ2n) is 6.14. The van der Waals surface area contributed by atoms with E-state index >= 15 is 0 Å². The predicted molar refractivity (Wildman–Crippen MR) is 85.5 cm³/mol. The van der Waals surface area contributed by atoms with E-state index in [1.54, 1.807) is 6.20 Å². The minimum atomic E-state index is -0.104. The quantitative estimate of drug-likeness (QED) is 0.830. The van der Waals surface area contributed by atoms with Gasteiger partial charge in [0, 0.05) is 35.3 Å². The first-order valence-electron chi connectivity index (χ1n) is 7.66. The predicted octanol–water partition coefficient (Wildman–Crippen LogP) is 1.84. The standard InChI is InChI=1S/C18H17N3O/c1-2-11-3-4-12-10-19-17(8-13(12)7-11)18(22)21-16-9-14-5-6-15(16)20-14/h1,3-4,7-8,10,14-16,20H,5-6,9H2,(H,21,22)/t14-,15+,16-/m1/s1. The minimum absolute atomic E-state index is 0.104. The van der Waals surface area contributed by atoms with Gasteiger partial charge in [0.1, 0.15) is 5.69 Å². The molecule has 0 unspecified atom stereocenters. The maximum atomic E-state index is 12.4. The fourth-order valence-corrected chi connectivity index (χ4v) is 3.58. The molecule has 22 heavy (non-hydrogen) atoms. The number of nitrogens with zero attached hydrogens (tertiary/aromatic N) is 1. The maximum absolute atomic E-state index is 12.4. The van der Waals surface area contributed by atoms with Gasteiger partial charge in [-0.2, -0.15) is 0 Å². The van der Waals surface area contributed by atoms with Gasteiger partial charge in [0.05, 0.1) is 0 Å². The SMILES string of the molecule is C#Cc1ccc2cnc(C(=O)N[C@@H]3C[C@H]4CC[C@@H]3N4)cc2c1. The summed E-state index contributed by atoms with van der Waals surface area (Å²) < 4.78 is 0. The molecule has 2 bridgehead atoms. The fraction of sp³-hybridized carbons (Fsp3) is 0.333. The van der Waals surface area contributed by atoms with Crippen LogP contribution in [0.2, 0.25) is 0 Å². The molecule has 2 N–H and O–H groups in total. The zero-order valence-corrected chi connectivity index (χ0v) is 12.2. The molecule has 0 radical (unpaired) electrons. The van der Waals surface area contributed by atoms with Crippen molar-refractivity contribution in [2.45, 2.75) is 37.4 Å². The summed E-state index contributed by atoms with van der Waals surface area (Å²) in [6.45, 7) is 0. The maximum Gasteiger partial charge on any atom is 0.270 e. The van der Waals surface area contributed by atoms with Crippen LogP contribution >= 0.6 is 0 Å². The number of pyridine rings is 1. The van der Waals surface area contributed by atoms with Gasteiger partial charge in [-0.1, -0.05) is 12.0 Å². The Balaban J connectivity index is 1.57. The van der Waals surface area contributed by atoms with Crippen molar-refractivity contribution >= 4 is 16.7 Å². The average molecular weight is 291 g/mol. The molecular formula is C18H17N3O. The van der Waals surface area contributed by atoms with Crippen LogP contribution in [0.4, 0.5) is 0 Å². The van der Waals surface area contributed by atoms with E-state index in [9.17, 15) is 4.79 Å². The van der Waals surface area contributed by atoms with Crippen molar-refractivity contribution < 1.29 is 4.79 Å². The molecule has 4 rings (SSSR count). The summed E-state index contributed by atoms with van der Waals surface area (Å²) in [5.41, 5.74) is 1.26. The lowest BCUT2D eigenvalue weighted by atomic mass is 9.95. The Morgan fingerprint density at radius 2 is 2.23 bits per heavy atom. The summed E-state index contributed by atoms with van der Waals surface area (Å²) in [6.07, 6.45) is 10.5. The van der Waals surface area contributed by atoms with Gasteiger partial charge >= 0.3 is 0 Å². The van der Waals surface area contributed by atoms with E-state index in [1.807, 2.05) is 24.3 Å². The van der Waals surface area contributed by atoms with E-state index in [4.69, 9.17) is 6.42 Å². The number of rotatable bonds is 2. The number of amides is 1. The molecule has 4 nitrogen and oxygen atoms in total.